The van der Waals surface area contributed by atoms with Crippen molar-refractivity contribution in [3.63, 3.8) is 0 Å². The summed E-state index contributed by atoms with van der Waals surface area (Å²) in [5, 5.41) is 4.14. The minimum absolute atomic E-state index is 0.138. The number of nitrogens with zero attached hydrogens (tertiary/aromatic N) is 1. The highest BCUT2D eigenvalue weighted by Crippen LogP contribution is 2.16. The van der Waals surface area contributed by atoms with Gasteiger partial charge in [0.15, 0.2) is 0 Å². The Labute approximate surface area is 97.8 Å². The van der Waals surface area contributed by atoms with E-state index in [-0.39, 0.29) is 12.4 Å². The summed E-state index contributed by atoms with van der Waals surface area (Å²) in [6.45, 7) is 0.467. The molecule has 0 amide bonds. The van der Waals surface area contributed by atoms with Crippen LogP contribution in [0.5, 0.6) is 0 Å². The molecule has 0 bridgehead atoms. The first-order valence-electron chi connectivity index (χ1n) is 4.88. The van der Waals surface area contributed by atoms with Crippen LogP contribution in [0.4, 0.5) is 0 Å². The van der Waals surface area contributed by atoms with Crippen LogP contribution in [-0.4, -0.2) is 18.5 Å². The van der Waals surface area contributed by atoms with Crippen molar-refractivity contribution in [2.45, 2.75) is 12.8 Å². The van der Waals surface area contributed by atoms with E-state index in [0.717, 1.165) is 5.56 Å². The normalized spacial score (nSPS) is 14.2. The first-order valence-corrected chi connectivity index (χ1v) is 5.26. The Kier molecular flexibility index (Phi) is 3.41. The molecule has 0 aliphatic carbocycles. The number of ether oxygens (including phenoxy) is 1. The third-order valence-electron chi connectivity index (χ3n) is 2.10. The zero-order valence-corrected chi connectivity index (χ0v) is 9.24. The number of rotatable bonds is 2. The van der Waals surface area contributed by atoms with Gasteiger partial charge >= 0.3 is 5.97 Å². The van der Waals surface area contributed by atoms with Crippen molar-refractivity contribution in [1.29, 1.82) is 0 Å². The molecule has 2 rings (SSSR count). The second-order valence-corrected chi connectivity index (χ2v) is 3.72. The van der Waals surface area contributed by atoms with Crippen molar-refractivity contribution in [1.82, 2.24) is 0 Å². The highest BCUT2D eigenvalue weighted by Gasteiger charge is 2.15. The standard InChI is InChI=1S/C11H10ClNO3/c12-9-4-2-1-3-8(9)7-11(14)16-10-5-6-15-13-10/h1-4H,5-7H2. The molecule has 16 heavy (non-hydrogen) atoms. The van der Waals surface area contributed by atoms with Crippen LogP contribution in [0.2, 0.25) is 5.02 Å². The molecule has 0 aromatic heterocycles. The molecular weight excluding hydrogens is 230 g/mol. The summed E-state index contributed by atoms with van der Waals surface area (Å²) in [6, 6.07) is 7.16. The Hall–Kier alpha value is -1.55. The predicted octanol–water partition coefficient (Wildman–Crippen LogP) is 2.16. The average molecular weight is 240 g/mol. The number of hydrogen-bond acceptors (Lipinski definition) is 4. The molecule has 1 aromatic rings. The molecule has 4 nitrogen and oxygen atoms in total. The van der Waals surface area contributed by atoms with E-state index in [4.69, 9.17) is 21.2 Å². The van der Waals surface area contributed by atoms with Crippen molar-refractivity contribution in [3.05, 3.63) is 34.9 Å². The second-order valence-electron chi connectivity index (χ2n) is 3.31. The fourth-order valence-corrected chi connectivity index (χ4v) is 1.53. The number of oxime groups is 1. The molecule has 84 valence electrons. The minimum atomic E-state index is -0.377. The van der Waals surface area contributed by atoms with Crippen molar-refractivity contribution >= 4 is 23.5 Å². The van der Waals surface area contributed by atoms with Crippen LogP contribution >= 0.6 is 11.6 Å². The van der Waals surface area contributed by atoms with Crippen LogP contribution in [-0.2, 0) is 20.8 Å². The first kappa shape index (κ1) is 11.0. The minimum Gasteiger partial charge on any atom is -0.408 e. The quantitative estimate of drug-likeness (QED) is 0.743. The van der Waals surface area contributed by atoms with Gasteiger partial charge in [-0.05, 0) is 11.6 Å². The Bertz CT molecular complexity index is 431. The molecule has 0 N–H and O–H groups in total. The maximum Gasteiger partial charge on any atom is 0.316 e. The van der Waals surface area contributed by atoms with E-state index in [0.29, 0.717) is 23.9 Å². The molecule has 1 aliphatic heterocycles. The van der Waals surface area contributed by atoms with E-state index in [9.17, 15) is 4.79 Å². The lowest BCUT2D eigenvalue weighted by molar-refractivity contribution is -0.134. The molecule has 0 fully saturated rings. The maximum absolute atomic E-state index is 11.5. The number of halogens is 1. The monoisotopic (exact) mass is 239 g/mol. The van der Waals surface area contributed by atoms with Crippen molar-refractivity contribution in [2.24, 2.45) is 5.16 Å². The molecular formula is C11H10ClNO3. The summed E-state index contributed by atoms with van der Waals surface area (Å²) >= 11 is 5.92. The summed E-state index contributed by atoms with van der Waals surface area (Å²) < 4.78 is 5.00. The maximum atomic E-state index is 11.5. The fraction of sp³-hybridized carbons (Fsp3) is 0.273. The first-order chi connectivity index (χ1) is 7.75. The van der Waals surface area contributed by atoms with Crippen molar-refractivity contribution in [2.75, 3.05) is 6.61 Å². The van der Waals surface area contributed by atoms with Crippen LogP contribution < -0.4 is 0 Å². The third-order valence-corrected chi connectivity index (χ3v) is 2.47. The summed E-state index contributed by atoms with van der Waals surface area (Å²) in [6.07, 6.45) is 0.674. The van der Waals surface area contributed by atoms with Gasteiger partial charge in [0.25, 0.3) is 0 Å². The molecule has 1 aromatic carbocycles. The van der Waals surface area contributed by atoms with Gasteiger partial charge in [-0.25, -0.2) is 0 Å². The van der Waals surface area contributed by atoms with Crippen molar-refractivity contribution < 1.29 is 14.4 Å². The Morgan fingerprint density at radius 2 is 2.31 bits per heavy atom. The lowest BCUT2D eigenvalue weighted by atomic mass is 10.1. The summed E-state index contributed by atoms with van der Waals surface area (Å²) in [7, 11) is 0. The number of benzene rings is 1. The van der Waals surface area contributed by atoms with Crippen LogP contribution in [0.15, 0.2) is 29.4 Å². The SMILES string of the molecule is O=C(Cc1ccccc1Cl)OC1=NOCC1. The van der Waals surface area contributed by atoms with E-state index < -0.39 is 0 Å². The molecule has 0 saturated heterocycles. The highest BCUT2D eigenvalue weighted by molar-refractivity contribution is 6.31. The van der Waals surface area contributed by atoms with E-state index in [1.54, 1.807) is 12.1 Å². The van der Waals surface area contributed by atoms with Gasteiger partial charge in [-0.1, -0.05) is 35.0 Å². The second kappa shape index (κ2) is 4.99. The van der Waals surface area contributed by atoms with Gasteiger partial charge in [0.1, 0.15) is 6.61 Å². The lowest BCUT2D eigenvalue weighted by Gasteiger charge is -2.03. The molecule has 0 saturated carbocycles. The highest BCUT2D eigenvalue weighted by atomic mass is 35.5. The van der Waals surface area contributed by atoms with Crippen LogP contribution in [0.1, 0.15) is 12.0 Å². The van der Waals surface area contributed by atoms with Gasteiger partial charge < -0.3 is 9.57 Å². The average Bonchev–Trinajstić information content (AvgIpc) is 2.74. The number of hydrogen-bond donors (Lipinski definition) is 0. The van der Waals surface area contributed by atoms with E-state index in [1.165, 1.54) is 0 Å². The Morgan fingerprint density at radius 3 is 3.00 bits per heavy atom. The van der Waals surface area contributed by atoms with Gasteiger partial charge in [0, 0.05) is 5.02 Å². The van der Waals surface area contributed by atoms with E-state index in [1.807, 2.05) is 12.1 Å². The third kappa shape index (κ3) is 2.73. The fourth-order valence-electron chi connectivity index (χ4n) is 1.33. The van der Waals surface area contributed by atoms with E-state index >= 15 is 0 Å². The smallest absolute Gasteiger partial charge is 0.316 e. The van der Waals surface area contributed by atoms with Gasteiger partial charge in [-0.3, -0.25) is 4.79 Å². The lowest BCUT2D eigenvalue weighted by Crippen LogP contribution is -2.13. The van der Waals surface area contributed by atoms with Gasteiger partial charge in [0.05, 0.1) is 12.8 Å². The van der Waals surface area contributed by atoms with Crippen LogP contribution in [0.3, 0.4) is 0 Å². The molecule has 0 spiro atoms. The van der Waals surface area contributed by atoms with Crippen molar-refractivity contribution in [3.8, 4) is 0 Å². The summed E-state index contributed by atoms with van der Waals surface area (Å²) in [5.41, 5.74) is 0.744. The zero-order valence-electron chi connectivity index (χ0n) is 8.48. The number of carbonyl (C=O) groups excluding carboxylic acids is 1. The summed E-state index contributed by atoms with van der Waals surface area (Å²) in [4.78, 5) is 16.2. The molecule has 0 atom stereocenters. The van der Waals surface area contributed by atoms with Crippen LogP contribution in [0.25, 0.3) is 0 Å². The molecule has 0 radical (unpaired) electrons. The summed E-state index contributed by atoms with van der Waals surface area (Å²) in [5.74, 6) is -0.0468. The molecule has 0 unspecified atom stereocenters. The van der Waals surface area contributed by atoms with Crippen LogP contribution in [0, 0.1) is 0 Å². The van der Waals surface area contributed by atoms with E-state index in [2.05, 4.69) is 5.16 Å². The molecule has 1 heterocycles. The molecule has 5 heteroatoms. The number of carbonyl (C=O) groups is 1. The Balaban J connectivity index is 1.94. The topological polar surface area (TPSA) is 47.9 Å². The zero-order chi connectivity index (χ0) is 11.4. The van der Waals surface area contributed by atoms with Gasteiger partial charge in [0.2, 0.25) is 5.90 Å². The Morgan fingerprint density at radius 1 is 1.50 bits per heavy atom. The van der Waals surface area contributed by atoms with Gasteiger partial charge in [-0.2, -0.15) is 0 Å². The van der Waals surface area contributed by atoms with Gasteiger partial charge in [-0.15, -0.1) is 0 Å². The largest absolute Gasteiger partial charge is 0.408 e. The number of esters is 1. The molecule has 1 aliphatic rings. The predicted molar refractivity (Wildman–Crippen MR) is 59.3 cm³/mol.